The molecule has 0 saturated carbocycles. The van der Waals surface area contributed by atoms with Crippen molar-refractivity contribution in [3.05, 3.63) is 65.2 Å². The third-order valence-electron chi connectivity index (χ3n) is 4.30. The number of esters is 1. The molecule has 1 atom stereocenters. The molecule has 4 heteroatoms. The van der Waals surface area contributed by atoms with E-state index in [0.29, 0.717) is 11.1 Å². The molecule has 0 radical (unpaired) electrons. The van der Waals surface area contributed by atoms with Crippen LogP contribution in [0.1, 0.15) is 39.6 Å². The minimum Gasteiger partial charge on any atom is -0.465 e. The number of ether oxygens (including phenoxy) is 1. The van der Waals surface area contributed by atoms with Gasteiger partial charge < -0.3 is 9.64 Å². The van der Waals surface area contributed by atoms with Gasteiger partial charge in [0.25, 0.3) is 5.91 Å². The van der Waals surface area contributed by atoms with E-state index in [-0.39, 0.29) is 11.9 Å². The number of benzene rings is 2. The summed E-state index contributed by atoms with van der Waals surface area (Å²) in [6.07, 6.45) is 1.94. The Bertz CT molecular complexity index is 737. The molecule has 1 amide bonds. The van der Waals surface area contributed by atoms with Gasteiger partial charge in [0.2, 0.25) is 0 Å². The van der Waals surface area contributed by atoms with Crippen LogP contribution >= 0.6 is 0 Å². The quantitative estimate of drug-likeness (QED) is 0.798. The molecule has 0 aliphatic carbocycles. The van der Waals surface area contributed by atoms with Gasteiger partial charge in [-0.3, -0.25) is 4.79 Å². The average Bonchev–Trinajstić information content (AvgIpc) is 2.60. The van der Waals surface area contributed by atoms with Gasteiger partial charge >= 0.3 is 5.97 Å². The summed E-state index contributed by atoms with van der Waals surface area (Å²) in [5, 5.41) is 0. The highest BCUT2D eigenvalue weighted by atomic mass is 16.5. The van der Waals surface area contributed by atoms with Gasteiger partial charge in [0, 0.05) is 17.3 Å². The molecule has 3 rings (SSSR count). The Labute approximate surface area is 135 Å². The Morgan fingerprint density at radius 2 is 1.70 bits per heavy atom. The average molecular weight is 309 g/mol. The first-order valence-corrected chi connectivity index (χ1v) is 7.71. The number of nitrogens with zero attached hydrogens (tertiary/aromatic N) is 1. The molecule has 0 saturated heterocycles. The minimum absolute atomic E-state index is 0.0407. The number of hydrogen-bond acceptors (Lipinski definition) is 3. The molecule has 1 unspecified atom stereocenters. The van der Waals surface area contributed by atoms with E-state index < -0.39 is 5.97 Å². The molecule has 2 aromatic carbocycles. The number of methoxy groups -OCH3 is 1. The standard InChI is InChI=1S/C19H19NO3/c1-13-7-8-14-5-3-4-6-17(14)20(13)18(21)15-9-11-16(12-10-15)19(22)23-2/h3-6,9-13H,7-8H2,1-2H3. The van der Waals surface area contributed by atoms with E-state index in [1.165, 1.54) is 12.7 Å². The summed E-state index contributed by atoms with van der Waals surface area (Å²) in [7, 11) is 1.34. The zero-order valence-corrected chi connectivity index (χ0v) is 13.3. The summed E-state index contributed by atoms with van der Waals surface area (Å²) in [6.45, 7) is 2.07. The third kappa shape index (κ3) is 2.84. The lowest BCUT2D eigenvalue weighted by atomic mass is 9.95. The molecular weight excluding hydrogens is 290 g/mol. The monoisotopic (exact) mass is 309 g/mol. The van der Waals surface area contributed by atoms with Crippen molar-refractivity contribution in [2.24, 2.45) is 0 Å². The Hall–Kier alpha value is -2.62. The molecular formula is C19H19NO3. The van der Waals surface area contributed by atoms with Gasteiger partial charge in [0.05, 0.1) is 12.7 Å². The van der Waals surface area contributed by atoms with E-state index in [1.807, 2.05) is 23.1 Å². The highest BCUT2D eigenvalue weighted by Crippen LogP contribution is 2.31. The zero-order chi connectivity index (χ0) is 16.4. The predicted molar refractivity (Wildman–Crippen MR) is 88.8 cm³/mol. The summed E-state index contributed by atoms with van der Waals surface area (Å²) >= 11 is 0. The van der Waals surface area contributed by atoms with E-state index in [9.17, 15) is 9.59 Å². The molecule has 118 valence electrons. The van der Waals surface area contributed by atoms with Crippen LogP contribution < -0.4 is 4.90 Å². The second-order valence-corrected chi connectivity index (χ2v) is 5.76. The van der Waals surface area contributed by atoms with Crippen molar-refractivity contribution < 1.29 is 14.3 Å². The van der Waals surface area contributed by atoms with E-state index in [4.69, 9.17) is 0 Å². The maximum absolute atomic E-state index is 12.9. The summed E-state index contributed by atoms with van der Waals surface area (Å²) < 4.78 is 4.68. The molecule has 4 nitrogen and oxygen atoms in total. The van der Waals surface area contributed by atoms with Crippen molar-refractivity contribution in [3.63, 3.8) is 0 Å². The number of anilines is 1. The van der Waals surface area contributed by atoms with Crippen LogP contribution in [0.3, 0.4) is 0 Å². The van der Waals surface area contributed by atoms with E-state index >= 15 is 0 Å². The van der Waals surface area contributed by atoms with Crippen LogP contribution in [-0.2, 0) is 11.2 Å². The third-order valence-corrected chi connectivity index (χ3v) is 4.30. The van der Waals surface area contributed by atoms with Crippen LogP contribution in [0.4, 0.5) is 5.69 Å². The van der Waals surface area contributed by atoms with Gasteiger partial charge in [0.1, 0.15) is 0 Å². The Balaban J connectivity index is 1.92. The Morgan fingerprint density at radius 3 is 2.39 bits per heavy atom. The number of carbonyl (C=O) groups excluding carboxylic acids is 2. The molecule has 0 aromatic heterocycles. The summed E-state index contributed by atoms with van der Waals surface area (Å²) in [6, 6.07) is 14.8. The predicted octanol–water partition coefficient (Wildman–Crippen LogP) is 3.45. The summed E-state index contributed by atoms with van der Waals surface area (Å²) in [4.78, 5) is 26.3. The van der Waals surface area contributed by atoms with Crippen molar-refractivity contribution in [2.45, 2.75) is 25.8 Å². The first kappa shape index (κ1) is 15.3. The Kier molecular flexibility index (Phi) is 4.15. The number of amides is 1. The molecule has 0 bridgehead atoms. The van der Waals surface area contributed by atoms with Crippen molar-refractivity contribution in [1.82, 2.24) is 0 Å². The van der Waals surface area contributed by atoms with Crippen LogP contribution in [0.2, 0.25) is 0 Å². The van der Waals surface area contributed by atoms with E-state index in [1.54, 1.807) is 24.3 Å². The van der Waals surface area contributed by atoms with Crippen LogP contribution in [-0.4, -0.2) is 25.0 Å². The maximum atomic E-state index is 12.9. The number of aryl methyl sites for hydroxylation is 1. The normalized spacial score (nSPS) is 16.6. The van der Waals surface area contributed by atoms with E-state index in [2.05, 4.69) is 17.7 Å². The van der Waals surface area contributed by atoms with Gasteiger partial charge in [-0.05, 0) is 55.7 Å². The zero-order valence-electron chi connectivity index (χ0n) is 13.3. The van der Waals surface area contributed by atoms with Crippen molar-refractivity contribution in [2.75, 3.05) is 12.0 Å². The van der Waals surface area contributed by atoms with Gasteiger partial charge in [-0.1, -0.05) is 18.2 Å². The number of para-hydroxylation sites is 1. The molecule has 0 N–H and O–H groups in total. The molecule has 0 fully saturated rings. The minimum atomic E-state index is -0.402. The topological polar surface area (TPSA) is 46.6 Å². The van der Waals surface area contributed by atoms with E-state index in [0.717, 1.165) is 18.5 Å². The maximum Gasteiger partial charge on any atom is 0.337 e. The first-order valence-electron chi connectivity index (χ1n) is 7.71. The van der Waals surface area contributed by atoms with Gasteiger partial charge in [-0.25, -0.2) is 4.79 Å². The van der Waals surface area contributed by atoms with Crippen molar-refractivity contribution >= 4 is 17.6 Å². The van der Waals surface area contributed by atoms with Gasteiger partial charge in [-0.15, -0.1) is 0 Å². The molecule has 1 heterocycles. The van der Waals surface area contributed by atoms with Gasteiger partial charge in [0.15, 0.2) is 0 Å². The second kappa shape index (κ2) is 6.24. The lowest BCUT2D eigenvalue weighted by molar-refractivity contribution is 0.0600. The summed E-state index contributed by atoms with van der Waals surface area (Å²) in [5.41, 5.74) is 3.19. The number of carbonyl (C=O) groups is 2. The highest BCUT2D eigenvalue weighted by molar-refractivity contribution is 6.07. The van der Waals surface area contributed by atoms with Crippen molar-refractivity contribution in [1.29, 1.82) is 0 Å². The van der Waals surface area contributed by atoms with Crippen LogP contribution in [0, 0.1) is 0 Å². The fraction of sp³-hybridized carbons (Fsp3) is 0.263. The molecule has 0 spiro atoms. The summed E-state index contributed by atoms with van der Waals surface area (Å²) in [5.74, 6) is -0.443. The smallest absolute Gasteiger partial charge is 0.337 e. The SMILES string of the molecule is COC(=O)c1ccc(C(=O)N2c3ccccc3CCC2C)cc1. The fourth-order valence-corrected chi connectivity index (χ4v) is 3.00. The highest BCUT2D eigenvalue weighted by Gasteiger charge is 2.28. The molecule has 2 aromatic rings. The largest absolute Gasteiger partial charge is 0.465 e. The lowest BCUT2D eigenvalue weighted by Crippen LogP contribution is -2.42. The van der Waals surface area contributed by atoms with Crippen molar-refractivity contribution in [3.8, 4) is 0 Å². The molecule has 1 aliphatic rings. The number of rotatable bonds is 2. The lowest BCUT2D eigenvalue weighted by Gasteiger charge is -2.35. The van der Waals surface area contributed by atoms with Gasteiger partial charge in [-0.2, -0.15) is 0 Å². The Morgan fingerprint density at radius 1 is 1.04 bits per heavy atom. The molecule has 23 heavy (non-hydrogen) atoms. The van der Waals surface area contributed by atoms with Crippen LogP contribution in [0.5, 0.6) is 0 Å². The first-order chi connectivity index (χ1) is 11.1. The van der Waals surface area contributed by atoms with Crippen LogP contribution in [0.25, 0.3) is 0 Å². The van der Waals surface area contributed by atoms with Crippen LogP contribution in [0.15, 0.2) is 48.5 Å². The molecule has 1 aliphatic heterocycles. The fourth-order valence-electron chi connectivity index (χ4n) is 3.00. The second-order valence-electron chi connectivity index (χ2n) is 5.76. The number of hydrogen-bond donors (Lipinski definition) is 0. The number of fused-ring (bicyclic) bond motifs is 1.